The first kappa shape index (κ1) is 15.3. The van der Waals surface area contributed by atoms with E-state index >= 15 is 0 Å². The highest BCUT2D eigenvalue weighted by Gasteiger charge is 2.52. The summed E-state index contributed by atoms with van der Waals surface area (Å²) in [6.45, 7) is 2.38. The van der Waals surface area contributed by atoms with Crippen LogP contribution >= 0.6 is 0 Å². The van der Waals surface area contributed by atoms with Crippen LogP contribution in [0.1, 0.15) is 23.7 Å². The van der Waals surface area contributed by atoms with Crippen molar-refractivity contribution in [3.8, 4) is 0 Å². The number of benzene rings is 1. The molecular formula is C17H20N4O3. The zero-order valence-corrected chi connectivity index (χ0v) is 13.6. The first-order valence-electron chi connectivity index (χ1n) is 8.17. The predicted molar refractivity (Wildman–Crippen MR) is 86.7 cm³/mol. The molecule has 24 heavy (non-hydrogen) atoms. The number of nitrogens with one attached hydrogen (secondary N) is 1. The van der Waals surface area contributed by atoms with Crippen molar-refractivity contribution >= 4 is 11.6 Å². The van der Waals surface area contributed by atoms with Crippen molar-refractivity contribution in [2.75, 3.05) is 31.7 Å². The Bertz CT molecular complexity index is 752. The minimum atomic E-state index is -0.449. The summed E-state index contributed by atoms with van der Waals surface area (Å²) in [5.74, 6) is 1.17. The van der Waals surface area contributed by atoms with Gasteiger partial charge in [0.05, 0.1) is 12.0 Å². The van der Waals surface area contributed by atoms with Crippen LogP contribution in [0.15, 0.2) is 28.8 Å². The monoisotopic (exact) mass is 328 g/mol. The Hall–Kier alpha value is -2.25. The molecule has 7 heteroatoms. The second kappa shape index (κ2) is 5.99. The van der Waals surface area contributed by atoms with Crippen LogP contribution in [0, 0.1) is 0 Å². The molecule has 1 amide bonds. The molecule has 0 bridgehead atoms. The molecular weight excluding hydrogens is 308 g/mol. The van der Waals surface area contributed by atoms with E-state index in [1.54, 1.807) is 12.0 Å². The Balaban J connectivity index is 1.61. The fourth-order valence-corrected chi connectivity index (χ4v) is 3.64. The number of hydrogen-bond acceptors (Lipinski definition) is 6. The van der Waals surface area contributed by atoms with E-state index in [1.807, 2.05) is 18.2 Å². The number of hydrogen-bond donors (Lipinski definition) is 1. The van der Waals surface area contributed by atoms with Crippen LogP contribution in [0.2, 0.25) is 0 Å². The smallest absolute Gasteiger partial charge is 0.246 e. The standard InChI is InChI=1S/C17H20N4O3/c1-23-9-6-14-19-15(24-20-14)10-21-13-5-3-2-4-12(13)17(16(21)22)7-8-18-11-17/h2-5,18H,6-11H2,1H3. The van der Waals surface area contributed by atoms with Crippen LogP contribution in [0.3, 0.4) is 0 Å². The molecule has 1 atom stereocenters. The average Bonchev–Trinajstić information content (AvgIpc) is 3.31. The van der Waals surface area contributed by atoms with Gasteiger partial charge in [-0.2, -0.15) is 4.98 Å². The van der Waals surface area contributed by atoms with E-state index < -0.39 is 5.41 Å². The molecule has 4 rings (SSSR count). The Labute approximate surface area is 140 Å². The maximum Gasteiger partial charge on any atom is 0.246 e. The fraction of sp³-hybridized carbons (Fsp3) is 0.471. The highest BCUT2D eigenvalue weighted by molar-refractivity contribution is 6.08. The number of ether oxygens (including phenoxy) is 1. The van der Waals surface area contributed by atoms with Crippen LogP contribution in [0.25, 0.3) is 0 Å². The molecule has 0 radical (unpaired) electrons. The summed E-state index contributed by atoms with van der Waals surface area (Å²) in [4.78, 5) is 19.3. The van der Waals surface area contributed by atoms with Crippen molar-refractivity contribution < 1.29 is 14.1 Å². The molecule has 0 aliphatic carbocycles. The van der Waals surface area contributed by atoms with E-state index in [4.69, 9.17) is 9.26 Å². The van der Waals surface area contributed by atoms with E-state index in [9.17, 15) is 4.79 Å². The number of carbonyl (C=O) groups excluding carboxylic acids is 1. The molecule has 1 aromatic carbocycles. The lowest BCUT2D eigenvalue weighted by Gasteiger charge is -2.21. The summed E-state index contributed by atoms with van der Waals surface area (Å²) in [7, 11) is 1.63. The molecule has 2 aliphatic heterocycles. The predicted octanol–water partition coefficient (Wildman–Crippen LogP) is 1.04. The van der Waals surface area contributed by atoms with Gasteiger partial charge in [-0.05, 0) is 24.6 Å². The summed E-state index contributed by atoms with van der Waals surface area (Å²) in [6.07, 6.45) is 1.42. The van der Waals surface area contributed by atoms with Gasteiger partial charge in [-0.25, -0.2) is 0 Å². The summed E-state index contributed by atoms with van der Waals surface area (Å²) in [5, 5.41) is 7.27. The summed E-state index contributed by atoms with van der Waals surface area (Å²) >= 11 is 0. The van der Waals surface area contributed by atoms with Gasteiger partial charge in [0.15, 0.2) is 5.82 Å². The molecule has 2 aromatic rings. The third kappa shape index (κ3) is 2.32. The van der Waals surface area contributed by atoms with Gasteiger partial charge in [0.25, 0.3) is 0 Å². The van der Waals surface area contributed by atoms with Crippen molar-refractivity contribution in [2.24, 2.45) is 0 Å². The third-order valence-corrected chi connectivity index (χ3v) is 4.85. The molecule has 1 unspecified atom stereocenters. The minimum Gasteiger partial charge on any atom is -0.384 e. The van der Waals surface area contributed by atoms with Gasteiger partial charge < -0.3 is 19.5 Å². The van der Waals surface area contributed by atoms with Gasteiger partial charge in [-0.15, -0.1) is 0 Å². The van der Waals surface area contributed by atoms with E-state index in [-0.39, 0.29) is 5.91 Å². The zero-order valence-electron chi connectivity index (χ0n) is 13.6. The number of para-hydroxylation sites is 1. The number of anilines is 1. The Morgan fingerprint density at radius 1 is 1.42 bits per heavy atom. The van der Waals surface area contributed by atoms with Crippen molar-refractivity contribution in [3.05, 3.63) is 41.5 Å². The normalized spacial score (nSPS) is 22.5. The quantitative estimate of drug-likeness (QED) is 0.883. The van der Waals surface area contributed by atoms with E-state index in [0.717, 1.165) is 24.2 Å². The highest BCUT2D eigenvalue weighted by Crippen LogP contribution is 2.45. The van der Waals surface area contributed by atoms with Crippen molar-refractivity contribution in [2.45, 2.75) is 24.8 Å². The number of amides is 1. The molecule has 1 fully saturated rings. The second-order valence-electron chi connectivity index (χ2n) is 6.26. The van der Waals surface area contributed by atoms with Gasteiger partial charge in [-0.1, -0.05) is 23.4 Å². The summed E-state index contributed by atoms with van der Waals surface area (Å²) in [5.41, 5.74) is 1.59. The first-order valence-corrected chi connectivity index (χ1v) is 8.17. The lowest BCUT2D eigenvalue weighted by atomic mass is 9.81. The maximum atomic E-state index is 13.1. The van der Waals surface area contributed by atoms with E-state index in [2.05, 4.69) is 21.5 Å². The maximum absolute atomic E-state index is 13.1. The molecule has 1 saturated heterocycles. The van der Waals surface area contributed by atoms with Crippen LogP contribution in [-0.2, 0) is 27.9 Å². The van der Waals surface area contributed by atoms with Gasteiger partial charge in [0.2, 0.25) is 11.8 Å². The molecule has 1 N–H and O–H groups in total. The number of nitrogens with zero attached hydrogens (tertiary/aromatic N) is 3. The minimum absolute atomic E-state index is 0.116. The lowest BCUT2D eigenvalue weighted by Crippen LogP contribution is -2.41. The molecule has 7 nitrogen and oxygen atoms in total. The van der Waals surface area contributed by atoms with Crippen molar-refractivity contribution in [3.63, 3.8) is 0 Å². The molecule has 2 aliphatic rings. The number of carbonyl (C=O) groups is 1. The van der Waals surface area contributed by atoms with Crippen molar-refractivity contribution in [1.82, 2.24) is 15.5 Å². The Morgan fingerprint density at radius 3 is 3.08 bits per heavy atom. The van der Waals surface area contributed by atoms with Crippen LogP contribution in [0.5, 0.6) is 0 Å². The number of aromatic nitrogens is 2. The zero-order chi connectivity index (χ0) is 16.6. The Morgan fingerprint density at radius 2 is 2.29 bits per heavy atom. The molecule has 0 saturated carbocycles. The summed E-state index contributed by atoms with van der Waals surface area (Å²) in [6, 6.07) is 7.99. The largest absolute Gasteiger partial charge is 0.384 e. The summed E-state index contributed by atoms with van der Waals surface area (Å²) < 4.78 is 10.3. The van der Waals surface area contributed by atoms with Gasteiger partial charge in [0.1, 0.15) is 6.54 Å². The second-order valence-corrected chi connectivity index (χ2v) is 6.26. The lowest BCUT2D eigenvalue weighted by molar-refractivity contribution is -0.122. The SMILES string of the molecule is COCCc1noc(CN2C(=O)C3(CCNC3)c3ccccc32)n1. The third-order valence-electron chi connectivity index (χ3n) is 4.85. The number of rotatable bonds is 5. The van der Waals surface area contributed by atoms with Crippen LogP contribution in [-0.4, -0.2) is 42.9 Å². The van der Waals surface area contributed by atoms with Gasteiger partial charge >= 0.3 is 0 Å². The van der Waals surface area contributed by atoms with E-state index in [0.29, 0.717) is 37.8 Å². The van der Waals surface area contributed by atoms with Crippen LogP contribution in [0.4, 0.5) is 5.69 Å². The van der Waals surface area contributed by atoms with Crippen molar-refractivity contribution in [1.29, 1.82) is 0 Å². The average molecular weight is 328 g/mol. The first-order chi connectivity index (χ1) is 11.7. The molecule has 3 heterocycles. The highest BCUT2D eigenvalue weighted by atomic mass is 16.5. The van der Waals surface area contributed by atoms with Gasteiger partial charge in [-0.3, -0.25) is 4.79 Å². The number of fused-ring (bicyclic) bond motifs is 2. The van der Waals surface area contributed by atoms with E-state index in [1.165, 1.54) is 0 Å². The Kier molecular flexibility index (Phi) is 3.82. The topological polar surface area (TPSA) is 80.5 Å². The fourth-order valence-electron chi connectivity index (χ4n) is 3.64. The van der Waals surface area contributed by atoms with Crippen LogP contribution < -0.4 is 10.2 Å². The number of methoxy groups -OCH3 is 1. The van der Waals surface area contributed by atoms with Gasteiger partial charge in [0, 0.05) is 25.8 Å². The molecule has 126 valence electrons. The molecule has 1 spiro atoms. The molecule has 1 aromatic heterocycles.